The lowest BCUT2D eigenvalue weighted by atomic mass is 10.2. The quantitative estimate of drug-likeness (QED) is 0.728. The van der Waals surface area contributed by atoms with Crippen LogP contribution in [0, 0.1) is 0 Å². The predicted molar refractivity (Wildman–Crippen MR) is 91.1 cm³/mol. The van der Waals surface area contributed by atoms with Gasteiger partial charge in [0.05, 0.1) is 12.1 Å². The van der Waals surface area contributed by atoms with Gasteiger partial charge >= 0.3 is 0 Å². The molecule has 3 N–H and O–H groups in total. The lowest BCUT2D eigenvalue weighted by molar-refractivity contribution is -0.122. The highest BCUT2D eigenvalue weighted by molar-refractivity contribution is 6.30. The fraction of sp³-hybridized carbons (Fsp3) is 0.400. The Balaban J connectivity index is 0.00000208. The number of halogens is 2. The Hall–Kier alpha value is -1.67. The molecular formula is C15H18Cl2N4O3. The molecule has 1 amide bonds. The smallest absolute Gasteiger partial charge is 0.237 e. The van der Waals surface area contributed by atoms with Gasteiger partial charge in [-0.2, -0.15) is 4.98 Å². The van der Waals surface area contributed by atoms with E-state index in [0.29, 0.717) is 42.7 Å². The molecule has 3 rings (SSSR count). The second-order valence-corrected chi connectivity index (χ2v) is 5.85. The van der Waals surface area contributed by atoms with E-state index in [-0.39, 0.29) is 24.4 Å². The van der Waals surface area contributed by atoms with Crippen molar-refractivity contribution >= 4 is 29.9 Å². The van der Waals surface area contributed by atoms with Crippen molar-refractivity contribution in [3.05, 3.63) is 35.2 Å². The minimum atomic E-state index is -0.457. The number of carbonyl (C=O) groups excluding carboxylic acids is 1. The van der Waals surface area contributed by atoms with Gasteiger partial charge in [-0.25, -0.2) is 0 Å². The summed E-state index contributed by atoms with van der Waals surface area (Å²) in [6.07, 6.45) is 0.418. The van der Waals surface area contributed by atoms with Gasteiger partial charge in [-0.1, -0.05) is 28.9 Å². The van der Waals surface area contributed by atoms with Crippen LogP contribution in [0.1, 0.15) is 12.3 Å². The first-order valence-electron chi connectivity index (χ1n) is 7.39. The van der Waals surface area contributed by atoms with Crippen LogP contribution in [0.3, 0.4) is 0 Å². The summed E-state index contributed by atoms with van der Waals surface area (Å²) in [6.45, 7) is 0.842. The van der Waals surface area contributed by atoms with Crippen molar-refractivity contribution in [2.75, 3.05) is 13.1 Å². The summed E-state index contributed by atoms with van der Waals surface area (Å²) in [5.74, 6) is 0.783. The number of rotatable bonds is 5. The van der Waals surface area contributed by atoms with E-state index in [1.807, 2.05) is 12.1 Å². The Morgan fingerprint density at radius 2 is 2.33 bits per heavy atom. The maximum absolute atomic E-state index is 11.9. The van der Waals surface area contributed by atoms with Gasteiger partial charge in [0.2, 0.25) is 17.6 Å². The number of β-amino-alcohol motifs (C(OH)–C–C–N with tert-alkyl or cyclic N) is 1. The number of aliphatic hydroxyl groups excluding tert-OH is 1. The lowest BCUT2D eigenvalue weighted by Gasteiger charge is -2.09. The van der Waals surface area contributed by atoms with Crippen LogP contribution in [-0.4, -0.2) is 46.4 Å². The molecule has 0 radical (unpaired) electrons. The van der Waals surface area contributed by atoms with Gasteiger partial charge in [0.1, 0.15) is 0 Å². The number of nitrogens with zero attached hydrogens (tertiary/aromatic N) is 2. The molecular weight excluding hydrogens is 355 g/mol. The van der Waals surface area contributed by atoms with E-state index in [4.69, 9.17) is 16.1 Å². The van der Waals surface area contributed by atoms with E-state index in [0.717, 1.165) is 5.56 Å². The molecule has 1 aromatic heterocycles. The Labute approximate surface area is 150 Å². The van der Waals surface area contributed by atoms with Gasteiger partial charge < -0.3 is 20.3 Å². The first-order valence-corrected chi connectivity index (χ1v) is 7.77. The zero-order valence-corrected chi connectivity index (χ0v) is 14.3. The number of nitrogens with one attached hydrogen (secondary N) is 2. The van der Waals surface area contributed by atoms with Crippen LogP contribution in [0.5, 0.6) is 0 Å². The van der Waals surface area contributed by atoms with Crippen molar-refractivity contribution in [1.82, 2.24) is 20.8 Å². The maximum Gasteiger partial charge on any atom is 0.237 e. The van der Waals surface area contributed by atoms with Crippen LogP contribution in [0.15, 0.2) is 28.8 Å². The standard InChI is InChI=1S/C15H17ClN4O3.ClH/c16-10-3-1-2-9(6-10)14-19-13(23-20-14)4-5-17-15(22)12-7-11(21)8-18-12;/h1-3,6,11-12,18,21H,4-5,7-8H2,(H,17,22);1H. The summed E-state index contributed by atoms with van der Waals surface area (Å²) < 4.78 is 5.17. The molecule has 1 aliphatic rings. The van der Waals surface area contributed by atoms with E-state index in [9.17, 15) is 9.90 Å². The Morgan fingerprint density at radius 1 is 1.50 bits per heavy atom. The zero-order chi connectivity index (χ0) is 16.2. The van der Waals surface area contributed by atoms with Crippen LogP contribution in [-0.2, 0) is 11.2 Å². The van der Waals surface area contributed by atoms with Gasteiger partial charge in [-0.15, -0.1) is 12.4 Å². The second-order valence-electron chi connectivity index (χ2n) is 5.41. The van der Waals surface area contributed by atoms with Gasteiger partial charge in [0, 0.05) is 30.1 Å². The summed E-state index contributed by atoms with van der Waals surface area (Å²) in [4.78, 5) is 16.2. The highest BCUT2D eigenvalue weighted by Crippen LogP contribution is 2.19. The SMILES string of the molecule is Cl.O=C(NCCc1nc(-c2cccc(Cl)c2)no1)C1CC(O)CN1. The normalized spacial score (nSPS) is 19.8. The van der Waals surface area contributed by atoms with Crippen molar-refractivity contribution in [2.24, 2.45) is 0 Å². The average molecular weight is 373 g/mol. The van der Waals surface area contributed by atoms with Crippen molar-refractivity contribution in [2.45, 2.75) is 25.0 Å². The van der Waals surface area contributed by atoms with Gasteiger partial charge in [0.25, 0.3) is 0 Å². The molecule has 1 aromatic carbocycles. The second kappa shape index (κ2) is 8.43. The fourth-order valence-corrected chi connectivity index (χ4v) is 2.62. The summed E-state index contributed by atoms with van der Waals surface area (Å²) in [7, 11) is 0. The van der Waals surface area contributed by atoms with Crippen LogP contribution in [0.4, 0.5) is 0 Å². The molecule has 1 saturated heterocycles. The monoisotopic (exact) mass is 372 g/mol. The molecule has 2 atom stereocenters. The third-order valence-corrected chi connectivity index (χ3v) is 3.85. The largest absolute Gasteiger partial charge is 0.392 e. The Kier molecular flexibility index (Phi) is 6.56. The molecule has 0 bridgehead atoms. The van der Waals surface area contributed by atoms with Gasteiger partial charge in [-0.05, 0) is 18.6 Å². The molecule has 0 aliphatic carbocycles. The third kappa shape index (κ3) is 4.67. The number of hydrogen-bond acceptors (Lipinski definition) is 6. The van der Waals surface area contributed by atoms with Crippen molar-refractivity contribution in [3.63, 3.8) is 0 Å². The summed E-state index contributed by atoms with van der Waals surface area (Å²) in [5, 5.41) is 19.7. The van der Waals surface area contributed by atoms with Gasteiger partial charge in [-0.3, -0.25) is 4.79 Å². The van der Waals surface area contributed by atoms with Crippen LogP contribution < -0.4 is 10.6 Å². The summed E-state index contributed by atoms with van der Waals surface area (Å²) >= 11 is 5.94. The van der Waals surface area contributed by atoms with E-state index in [2.05, 4.69) is 20.8 Å². The lowest BCUT2D eigenvalue weighted by Crippen LogP contribution is -2.41. The number of aliphatic hydroxyl groups is 1. The first-order chi connectivity index (χ1) is 11.1. The minimum absolute atomic E-state index is 0. The minimum Gasteiger partial charge on any atom is -0.392 e. The topological polar surface area (TPSA) is 100 Å². The molecule has 2 unspecified atom stereocenters. The van der Waals surface area contributed by atoms with Crippen LogP contribution in [0.25, 0.3) is 11.4 Å². The van der Waals surface area contributed by atoms with Crippen LogP contribution >= 0.6 is 24.0 Å². The average Bonchev–Trinajstić information content (AvgIpc) is 3.16. The number of amides is 1. The summed E-state index contributed by atoms with van der Waals surface area (Å²) in [5.41, 5.74) is 0.778. The highest BCUT2D eigenvalue weighted by Gasteiger charge is 2.27. The number of hydrogen-bond donors (Lipinski definition) is 3. The van der Waals surface area contributed by atoms with Crippen LogP contribution in [0.2, 0.25) is 5.02 Å². The number of aromatic nitrogens is 2. The van der Waals surface area contributed by atoms with E-state index >= 15 is 0 Å². The molecule has 1 aliphatic heterocycles. The van der Waals surface area contributed by atoms with E-state index in [1.165, 1.54) is 0 Å². The molecule has 24 heavy (non-hydrogen) atoms. The van der Waals surface area contributed by atoms with E-state index in [1.54, 1.807) is 12.1 Å². The first kappa shape index (κ1) is 18.7. The molecule has 0 spiro atoms. The molecule has 1 fully saturated rings. The predicted octanol–water partition coefficient (Wildman–Crippen LogP) is 1.19. The maximum atomic E-state index is 11.9. The van der Waals surface area contributed by atoms with Crippen molar-refractivity contribution in [1.29, 1.82) is 0 Å². The molecule has 9 heteroatoms. The molecule has 0 saturated carbocycles. The van der Waals surface area contributed by atoms with E-state index < -0.39 is 6.10 Å². The Morgan fingerprint density at radius 3 is 3.04 bits per heavy atom. The molecule has 2 aromatic rings. The number of benzene rings is 1. The fourth-order valence-electron chi connectivity index (χ4n) is 2.43. The zero-order valence-electron chi connectivity index (χ0n) is 12.7. The van der Waals surface area contributed by atoms with Crippen molar-refractivity contribution < 1.29 is 14.4 Å². The van der Waals surface area contributed by atoms with Crippen molar-refractivity contribution in [3.8, 4) is 11.4 Å². The molecule has 2 heterocycles. The number of carbonyl (C=O) groups is 1. The summed E-state index contributed by atoms with van der Waals surface area (Å²) in [6, 6.07) is 6.86. The highest BCUT2D eigenvalue weighted by atomic mass is 35.5. The molecule has 130 valence electrons. The Bertz CT molecular complexity index is 695. The third-order valence-electron chi connectivity index (χ3n) is 3.61. The van der Waals surface area contributed by atoms with Gasteiger partial charge in [0.15, 0.2) is 0 Å². The molecule has 7 nitrogen and oxygen atoms in total.